The van der Waals surface area contributed by atoms with Gasteiger partial charge in [-0.15, -0.1) is 11.3 Å². The molecule has 0 atom stereocenters. The largest absolute Gasteiger partial charge is 0.446 e. The number of fused-ring (bicyclic) bond motifs is 1. The zero-order chi connectivity index (χ0) is 22.1. The van der Waals surface area contributed by atoms with Crippen molar-refractivity contribution in [2.45, 2.75) is 63.4 Å². The minimum atomic E-state index is -0.285. The quantitative estimate of drug-likeness (QED) is 0.672. The lowest BCUT2D eigenvalue weighted by molar-refractivity contribution is 0.0829. The zero-order valence-corrected chi connectivity index (χ0v) is 19.5. The number of pyridine rings is 1. The smallest absolute Gasteiger partial charge is 0.407 e. The van der Waals surface area contributed by atoms with Gasteiger partial charge in [-0.1, -0.05) is 12.8 Å². The number of amides is 2. The van der Waals surface area contributed by atoms with Gasteiger partial charge < -0.3 is 20.3 Å². The Balaban J connectivity index is 1.32. The third-order valence-electron chi connectivity index (χ3n) is 7.08. The molecule has 3 heterocycles. The van der Waals surface area contributed by atoms with Gasteiger partial charge >= 0.3 is 6.09 Å². The second-order valence-corrected chi connectivity index (χ2v) is 10.3. The Labute approximate surface area is 192 Å². The molecule has 3 fully saturated rings. The summed E-state index contributed by atoms with van der Waals surface area (Å²) in [7, 11) is 1.67. The summed E-state index contributed by atoms with van der Waals surface area (Å²) in [5, 5.41) is 7.58. The maximum atomic E-state index is 12.4. The van der Waals surface area contributed by atoms with Crippen LogP contribution < -0.4 is 15.5 Å². The number of rotatable bonds is 6. The van der Waals surface area contributed by atoms with Gasteiger partial charge in [0.25, 0.3) is 5.91 Å². The van der Waals surface area contributed by atoms with Gasteiger partial charge in [-0.2, -0.15) is 0 Å². The van der Waals surface area contributed by atoms with Crippen molar-refractivity contribution in [2.24, 2.45) is 5.92 Å². The van der Waals surface area contributed by atoms with Crippen LogP contribution in [-0.4, -0.2) is 49.8 Å². The molecule has 1 saturated heterocycles. The lowest BCUT2D eigenvalue weighted by Crippen LogP contribution is -2.40. The molecule has 0 radical (unpaired) electrons. The van der Waals surface area contributed by atoms with Crippen LogP contribution in [0.25, 0.3) is 10.2 Å². The summed E-state index contributed by atoms with van der Waals surface area (Å²) in [4.78, 5) is 31.7. The Morgan fingerprint density at radius 2 is 1.91 bits per heavy atom. The highest BCUT2D eigenvalue weighted by atomic mass is 32.1. The molecule has 0 unspecified atom stereocenters. The minimum Gasteiger partial charge on any atom is -0.446 e. The number of carbonyl (C=O) groups excluding carboxylic acids is 2. The van der Waals surface area contributed by atoms with Crippen molar-refractivity contribution in [3.05, 3.63) is 22.6 Å². The van der Waals surface area contributed by atoms with Crippen molar-refractivity contribution in [2.75, 3.05) is 31.6 Å². The second kappa shape index (κ2) is 9.25. The molecule has 2 N–H and O–H groups in total. The van der Waals surface area contributed by atoms with E-state index in [4.69, 9.17) is 9.72 Å². The summed E-state index contributed by atoms with van der Waals surface area (Å²) < 4.78 is 6.79. The first-order valence-corrected chi connectivity index (χ1v) is 12.8. The first-order chi connectivity index (χ1) is 15.6. The van der Waals surface area contributed by atoms with Gasteiger partial charge in [-0.3, -0.25) is 4.79 Å². The second-order valence-electron chi connectivity index (χ2n) is 9.37. The standard InChI is InChI=1S/C24H32N4O3S/c1-25-23(29)19-14-32-22-18(16-4-2-3-5-16)12-20(27-21(19)22)28-10-8-17(9-11-28)31-24(30)26-13-15-6-7-15/h12,14-17H,2-11,13H2,1H3,(H,25,29)(H,26,30). The van der Waals surface area contributed by atoms with Gasteiger partial charge in [0.1, 0.15) is 11.9 Å². The van der Waals surface area contributed by atoms with Crippen molar-refractivity contribution in [1.82, 2.24) is 15.6 Å². The molecule has 3 aliphatic rings. The van der Waals surface area contributed by atoms with E-state index in [0.29, 0.717) is 17.4 Å². The third-order valence-corrected chi connectivity index (χ3v) is 8.09. The first-order valence-electron chi connectivity index (χ1n) is 12.0. The van der Waals surface area contributed by atoms with Gasteiger partial charge in [0.15, 0.2) is 0 Å². The van der Waals surface area contributed by atoms with Crippen LogP contribution in [0, 0.1) is 5.92 Å². The summed E-state index contributed by atoms with van der Waals surface area (Å²) in [5.41, 5.74) is 2.84. The van der Waals surface area contributed by atoms with Crippen LogP contribution in [0.2, 0.25) is 0 Å². The van der Waals surface area contributed by atoms with Gasteiger partial charge in [0, 0.05) is 44.9 Å². The number of aromatic nitrogens is 1. The van der Waals surface area contributed by atoms with E-state index < -0.39 is 0 Å². The molecule has 2 aromatic heterocycles. The van der Waals surface area contributed by atoms with Crippen LogP contribution in [0.4, 0.5) is 10.6 Å². The minimum absolute atomic E-state index is 0.0499. The first kappa shape index (κ1) is 21.5. The maximum Gasteiger partial charge on any atom is 0.407 e. The maximum absolute atomic E-state index is 12.4. The Hall–Kier alpha value is -2.35. The van der Waals surface area contributed by atoms with Crippen LogP contribution in [0.3, 0.4) is 0 Å². The third kappa shape index (κ3) is 4.56. The van der Waals surface area contributed by atoms with Crippen LogP contribution in [0.1, 0.15) is 73.2 Å². The molecular formula is C24H32N4O3S. The van der Waals surface area contributed by atoms with Gasteiger partial charge in [0.05, 0.1) is 15.8 Å². The molecule has 2 amide bonds. The molecule has 32 heavy (non-hydrogen) atoms. The van der Waals surface area contributed by atoms with E-state index in [1.165, 1.54) is 44.1 Å². The normalized spacial score (nSPS) is 20.0. The fourth-order valence-electron chi connectivity index (χ4n) is 4.96. The summed E-state index contributed by atoms with van der Waals surface area (Å²) in [5.74, 6) is 2.06. The molecule has 5 rings (SSSR count). The predicted octanol–water partition coefficient (Wildman–Crippen LogP) is 4.42. The van der Waals surface area contributed by atoms with Crippen LogP contribution in [0.15, 0.2) is 11.4 Å². The van der Waals surface area contributed by atoms with Gasteiger partial charge in [-0.25, -0.2) is 9.78 Å². The number of anilines is 1. The zero-order valence-electron chi connectivity index (χ0n) is 18.7. The summed E-state index contributed by atoms with van der Waals surface area (Å²) >= 11 is 1.64. The molecule has 8 heteroatoms. The predicted molar refractivity (Wildman–Crippen MR) is 127 cm³/mol. The summed E-state index contributed by atoms with van der Waals surface area (Å²) in [6, 6.07) is 2.26. The Morgan fingerprint density at radius 3 is 2.59 bits per heavy atom. The van der Waals surface area contributed by atoms with Gasteiger partial charge in [-0.05, 0) is 49.1 Å². The topological polar surface area (TPSA) is 83.6 Å². The average Bonchev–Trinajstić information content (AvgIpc) is 3.30. The Kier molecular flexibility index (Phi) is 6.22. The fourth-order valence-corrected chi connectivity index (χ4v) is 6.05. The number of hydrogen-bond donors (Lipinski definition) is 2. The number of carbonyl (C=O) groups is 2. The van der Waals surface area contributed by atoms with E-state index in [0.717, 1.165) is 48.5 Å². The summed E-state index contributed by atoms with van der Waals surface area (Å²) in [6.45, 7) is 2.32. The molecule has 1 aliphatic heterocycles. The molecule has 0 bridgehead atoms. The number of ether oxygens (including phenoxy) is 1. The highest BCUT2D eigenvalue weighted by Crippen LogP contribution is 2.42. The van der Waals surface area contributed by atoms with Crippen LogP contribution in [0.5, 0.6) is 0 Å². The highest BCUT2D eigenvalue weighted by Gasteiger charge is 2.28. The van der Waals surface area contributed by atoms with Gasteiger partial charge in [0.2, 0.25) is 0 Å². The van der Waals surface area contributed by atoms with Crippen molar-refractivity contribution in [3.8, 4) is 0 Å². The fraction of sp³-hybridized carbons (Fsp3) is 0.625. The van der Waals surface area contributed by atoms with E-state index in [2.05, 4.69) is 21.6 Å². The molecular weight excluding hydrogens is 424 g/mol. The molecule has 0 spiro atoms. The van der Waals surface area contributed by atoms with Crippen molar-refractivity contribution >= 4 is 39.4 Å². The number of nitrogens with one attached hydrogen (secondary N) is 2. The number of thiophene rings is 1. The van der Waals surface area contributed by atoms with E-state index in [1.54, 1.807) is 18.4 Å². The van der Waals surface area contributed by atoms with E-state index in [-0.39, 0.29) is 18.1 Å². The van der Waals surface area contributed by atoms with Crippen LogP contribution >= 0.6 is 11.3 Å². The van der Waals surface area contributed by atoms with Crippen molar-refractivity contribution in [1.29, 1.82) is 0 Å². The van der Waals surface area contributed by atoms with Crippen molar-refractivity contribution < 1.29 is 14.3 Å². The SMILES string of the molecule is CNC(=O)c1csc2c(C3CCCC3)cc(N3CCC(OC(=O)NCC4CC4)CC3)nc12. The van der Waals surface area contributed by atoms with E-state index in [1.807, 2.05) is 5.38 Å². The lowest BCUT2D eigenvalue weighted by atomic mass is 9.97. The Morgan fingerprint density at radius 1 is 1.16 bits per heavy atom. The lowest BCUT2D eigenvalue weighted by Gasteiger charge is -2.33. The van der Waals surface area contributed by atoms with E-state index >= 15 is 0 Å². The number of alkyl carbamates (subject to hydrolysis) is 1. The molecule has 7 nitrogen and oxygen atoms in total. The number of piperidine rings is 1. The van der Waals surface area contributed by atoms with E-state index in [9.17, 15) is 9.59 Å². The van der Waals surface area contributed by atoms with Crippen LogP contribution in [-0.2, 0) is 4.74 Å². The summed E-state index contributed by atoms with van der Waals surface area (Å²) in [6.07, 6.45) is 8.62. The molecule has 2 aromatic rings. The highest BCUT2D eigenvalue weighted by molar-refractivity contribution is 7.17. The molecule has 172 valence electrons. The molecule has 2 saturated carbocycles. The van der Waals surface area contributed by atoms with Crippen molar-refractivity contribution in [3.63, 3.8) is 0 Å². The number of nitrogens with zero attached hydrogens (tertiary/aromatic N) is 2. The molecule has 0 aromatic carbocycles. The molecule has 2 aliphatic carbocycles. The average molecular weight is 457 g/mol. The Bertz CT molecular complexity index is 989. The monoisotopic (exact) mass is 456 g/mol. The number of hydrogen-bond acceptors (Lipinski definition) is 6.